The number of hydrogen-bond acceptors (Lipinski definition) is 7. The molecular formula is C23H34N4O4S. The van der Waals surface area contributed by atoms with Gasteiger partial charge in [0.05, 0.1) is 33.8 Å². The number of unbranched alkanes of at least 4 members (excludes halogenated alkanes) is 1. The van der Waals surface area contributed by atoms with Gasteiger partial charge in [-0.2, -0.15) is 0 Å². The van der Waals surface area contributed by atoms with Gasteiger partial charge in [0, 0.05) is 25.2 Å². The lowest BCUT2D eigenvalue weighted by Gasteiger charge is -2.23. The third-order valence-electron chi connectivity index (χ3n) is 5.28. The second-order valence-corrected chi connectivity index (χ2v) is 10.6. The molecule has 0 saturated carbocycles. The Kier molecular flexibility index (Phi) is 8.77. The highest BCUT2D eigenvalue weighted by Gasteiger charge is 2.33. The SMILES string of the molecule is CC(C)(c1cc(N)nc(-c2ccc3[nH]c(CO)cc3n2)c1)S(C)(=O)=O.CCCCOCC. The van der Waals surface area contributed by atoms with Crippen LogP contribution in [0.4, 0.5) is 5.82 Å². The van der Waals surface area contributed by atoms with E-state index < -0.39 is 14.6 Å². The molecule has 0 amide bonds. The maximum absolute atomic E-state index is 12.1. The molecule has 3 aromatic heterocycles. The van der Waals surface area contributed by atoms with Crippen LogP contribution in [0.25, 0.3) is 22.4 Å². The highest BCUT2D eigenvalue weighted by molar-refractivity contribution is 7.91. The number of aliphatic hydroxyl groups is 1. The number of nitrogens with two attached hydrogens (primary N) is 1. The van der Waals surface area contributed by atoms with Crippen molar-refractivity contribution in [1.82, 2.24) is 15.0 Å². The predicted molar refractivity (Wildman–Crippen MR) is 129 cm³/mol. The number of nitrogens with zero attached hydrogens (tertiary/aromatic N) is 2. The maximum Gasteiger partial charge on any atom is 0.156 e. The quantitative estimate of drug-likeness (QED) is 0.434. The van der Waals surface area contributed by atoms with Crippen molar-refractivity contribution < 1.29 is 18.3 Å². The van der Waals surface area contributed by atoms with Crippen molar-refractivity contribution in [2.24, 2.45) is 0 Å². The Morgan fingerprint density at radius 3 is 2.44 bits per heavy atom. The second-order valence-electron chi connectivity index (χ2n) is 8.08. The van der Waals surface area contributed by atoms with Gasteiger partial charge in [0.15, 0.2) is 9.84 Å². The molecule has 3 aromatic rings. The molecule has 0 radical (unpaired) electrons. The first-order chi connectivity index (χ1) is 15.0. The largest absolute Gasteiger partial charge is 0.390 e. The van der Waals surface area contributed by atoms with Gasteiger partial charge in [0.1, 0.15) is 5.82 Å². The van der Waals surface area contributed by atoms with E-state index >= 15 is 0 Å². The monoisotopic (exact) mass is 462 g/mol. The topological polar surface area (TPSA) is 131 Å². The Hall–Kier alpha value is -2.49. The summed E-state index contributed by atoms with van der Waals surface area (Å²) in [6, 6.07) is 8.64. The van der Waals surface area contributed by atoms with E-state index in [2.05, 4.69) is 21.9 Å². The highest BCUT2D eigenvalue weighted by atomic mass is 32.2. The van der Waals surface area contributed by atoms with Gasteiger partial charge in [-0.25, -0.2) is 18.4 Å². The molecule has 0 aromatic carbocycles. The molecule has 3 rings (SSSR count). The van der Waals surface area contributed by atoms with Crippen LogP contribution in [0.5, 0.6) is 0 Å². The van der Waals surface area contributed by atoms with Crippen LogP contribution >= 0.6 is 0 Å². The molecule has 0 bridgehead atoms. The number of pyridine rings is 2. The van der Waals surface area contributed by atoms with Crippen LogP contribution in [0.15, 0.2) is 30.3 Å². The molecule has 9 heteroatoms. The third kappa shape index (κ3) is 6.27. The van der Waals surface area contributed by atoms with E-state index in [1.165, 1.54) is 19.1 Å². The van der Waals surface area contributed by atoms with Gasteiger partial charge in [0.2, 0.25) is 0 Å². The number of aromatic amines is 1. The average Bonchev–Trinajstić information content (AvgIpc) is 3.16. The minimum atomic E-state index is -3.34. The van der Waals surface area contributed by atoms with Crippen LogP contribution in [0.2, 0.25) is 0 Å². The first kappa shape index (κ1) is 25.8. The summed E-state index contributed by atoms with van der Waals surface area (Å²) in [6.07, 6.45) is 3.64. The fraction of sp³-hybridized carbons (Fsp3) is 0.478. The zero-order chi connectivity index (χ0) is 23.9. The number of H-pyrrole nitrogens is 1. The molecule has 32 heavy (non-hydrogen) atoms. The van der Waals surface area contributed by atoms with Gasteiger partial charge in [-0.05, 0) is 63.1 Å². The van der Waals surface area contributed by atoms with E-state index in [1.54, 1.807) is 38.1 Å². The summed E-state index contributed by atoms with van der Waals surface area (Å²) in [7, 11) is -3.34. The van der Waals surface area contributed by atoms with Crippen molar-refractivity contribution in [3.8, 4) is 11.4 Å². The summed E-state index contributed by atoms with van der Waals surface area (Å²) in [5.74, 6) is 0.233. The zero-order valence-electron chi connectivity index (χ0n) is 19.5. The van der Waals surface area contributed by atoms with Crippen LogP contribution in [-0.2, 0) is 25.9 Å². The number of sulfone groups is 1. The Morgan fingerprint density at radius 2 is 1.84 bits per heavy atom. The van der Waals surface area contributed by atoms with Gasteiger partial charge in [-0.1, -0.05) is 13.3 Å². The van der Waals surface area contributed by atoms with Crippen LogP contribution in [-0.4, -0.2) is 47.9 Å². The van der Waals surface area contributed by atoms with Crippen LogP contribution in [0.3, 0.4) is 0 Å². The number of hydrogen-bond donors (Lipinski definition) is 3. The van der Waals surface area contributed by atoms with Crippen molar-refractivity contribution in [3.05, 3.63) is 41.6 Å². The maximum atomic E-state index is 12.1. The minimum Gasteiger partial charge on any atom is -0.390 e. The first-order valence-corrected chi connectivity index (χ1v) is 12.6. The summed E-state index contributed by atoms with van der Waals surface area (Å²) in [5.41, 5.74) is 9.69. The summed E-state index contributed by atoms with van der Waals surface area (Å²) < 4.78 is 28.2. The lowest BCUT2D eigenvalue weighted by atomic mass is 10.0. The van der Waals surface area contributed by atoms with Crippen LogP contribution in [0.1, 0.15) is 51.8 Å². The number of aliphatic hydroxyl groups excluding tert-OH is 1. The van der Waals surface area contributed by atoms with E-state index in [-0.39, 0.29) is 12.4 Å². The van der Waals surface area contributed by atoms with Gasteiger partial charge in [-0.3, -0.25) is 0 Å². The van der Waals surface area contributed by atoms with E-state index in [0.29, 0.717) is 28.2 Å². The van der Waals surface area contributed by atoms with Crippen LogP contribution < -0.4 is 5.73 Å². The molecule has 0 aliphatic rings. The molecule has 3 heterocycles. The van der Waals surface area contributed by atoms with Crippen LogP contribution in [0, 0.1) is 0 Å². The van der Waals surface area contributed by atoms with Gasteiger partial charge < -0.3 is 20.6 Å². The number of anilines is 1. The van der Waals surface area contributed by atoms with Crippen molar-refractivity contribution >= 4 is 26.7 Å². The molecule has 0 aliphatic heterocycles. The molecule has 8 nitrogen and oxygen atoms in total. The van der Waals surface area contributed by atoms with Crippen molar-refractivity contribution in [2.75, 3.05) is 25.2 Å². The Bertz CT molecular complexity index is 1140. The minimum absolute atomic E-state index is 0.102. The molecule has 4 N–H and O–H groups in total. The lowest BCUT2D eigenvalue weighted by molar-refractivity contribution is 0.144. The molecule has 0 unspecified atom stereocenters. The van der Waals surface area contributed by atoms with E-state index in [9.17, 15) is 13.5 Å². The summed E-state index contributed by atoms with van der Waals surface area (Å²) >= 11 is 0. The molecule has 176 valence electrons. The normalized spacial score (nSPS) is 11.9. The number of nitrogens with one attached hydrogen (secondary N) is 1. The van der Waals surface area contributed by atoms with Crippen molar-refractivity contribution in [3.63, 3.8) is 0 Å². The summed E-state index contributed by atoms with van der Waals surface area (Å²) in [5, 5.41) is 9.22. The average molecular weight is 463 g/mol. The van der Waals surface area contributed by atoms with E-state index in [1.807, 2.05) is 13.0 Å². The Labute approximate surface area is 190 Å². The number of aromatic nitrogens is 3. The standard InChI is InChI=1S/C17H20N4O3S.C6H14O/c1-17(2,25(3,23)24)10-6-14(21-16(18)7-10)13-5-4-12-15(20-13)8-11(9-22)19-12;1-3-5-6-7-4-2/h4-8,19,22H,9H2,1-3H3,(H2,18,21);3-6H2,1-2H3. The zero-order valence-corrected chi connectivity index (χ0v) is 20.3. The molecule has 0 atom stereocenters. The van der Waals surface area contributed by atoms with E-state index in [0.717, 1.165) is 18.7 Å². The summed E-state index contributed by atoms with van der Waals surface area (Å²) in [4.78, 5) is 11.9. The highest BCUT2D eigenvalue weighted by Crippen LogP contribution is 2.32. The smallest absolute Gasteiger partial charge is 0.156 e. The lowest BCUT2D eigenvalue weighted by Crippen LogP contribution is -2.28. The van der Waals surface area contributed by atoms with Gasteiger partial charge >= 0.3 is 0 Å². The van der Waals surface area contributed by atoms with Crippen molar-refractivity contribution in [1.29, 1.82) is 0 Å². The number of ether oxygens (including phenoxy) is 1. The predicted octanol–water partition coefficient (Wildman–Crippen LogP) is 3.80. The molecule has 0 spiro atoms. The Morgan fingerprint density at radius 1 is 1.12 bits per heavy atom. The number of rotatable bonds is 8. The molecular weight excluding hydrogens is 428 g/mol. The Balaban J connectivity index is 0.000000451. The number of nitrogen functional groups attached to an aromatic ring is 1. The fourth-order valence-corrected chi connectivity index (χ4v) is 3.47. The third-order valence-corrected chi connectivity index (χ3v) is 7.37. The summed E-state index contributed by atoms with van der Waals surface area (Å²) in [6.45, 7) is 9.16. The fourth-order valence-electron chi connectivity index (χ4n) is 2.93. The van der Waals surface area contributed by atoms with Crippen molar-refractivity contribution in [2.45, 2.75) is 51.9 Å². The van der Waals surface area contributed by atoms with E-state index in [4.69, 9.17) is 10.5 Å². The second kappa shape index (κ2) is 10.9. The number of fused-ring (bicyclic) bond motifs is 1. The molecule has 0 saturated heterocycles. The van der Waals surface area contributed by atoms with Gasteiger partial charge in [0.25, 0.3) is 0 Å². The first-order valence-electron chi connectivity index (χ1n) is 10.7. The van der Waals surface area contributed by atoms with Gasteiger partial charge in [-0.15, -0.1) is 0 Å². The molecule has 0 aliphatic carbocycles. The molecule has 0 fully saturated rings.